The van der Waals surface area contributed by atoms with Gasteiger partial charge in [0.15, 0.2) is 0 Å². The van der Waals surface area contributed by atoms with Crippen LogP contribution in [0.4, 0.5) is 10.1 Å². The predicted octanol–water partition coefficient (Wildman–Crippen LogP) is 2.48. The molecule has 1 aliphatic rings. The van der Waals surface area contributed by atoms with Crippen molar-refractivity contribution in [3.05, 3.63) is 65.0 Å². The number of carbonyl (C=O) groups excluding carboxylic acids is 2. The van der Waals surface area contributed by atoms with E-state index in [1.54, 1.807) is 0 Å². The molecule has 2 aromatic carbocycles. The number of aryl methyl sites for hydroxylation is 1. The number of fused-ring (bicyclic) bond motifs is 1. The molecule has 0 fully saturated rings. The van der Waals surface area contributed by atoms with E-state index < -0.39 is 24.2 Å². The molecule has 1 aliphatic heterocycles. The van der Waals surface area contributed by atoms with Crippen LogP contribution < -0.4 is 5.32 Å². The number of hydrogen-bond acceptors (Lipinski definition) is 3. The van der Waals surface area contributed by atoms with Gasteiger partial charge in [-0.2, -0.15) is 0 Å². The average molecular weight is 370 g/mol. The zero-order valence-electron chi connectivity index (χ0n) is 14.6. The van der Waals surface area contributed by atoms with Crippen molar-refractivity contribution in [1.82, 2.24) is 4.90 Å². The number of halogens is 1. The van der Waals surface area contributed by atoms with Crippen LogP contribution in [0.5, 0.6) is 0 Å². The number of nitrogens with zero attached hydrogens (tertiary/aromatic N) is 1. The van der Waals surface area contributed by atoms with Gasteiger partial charge in [-0.05, 0) is 36.1 Å². The van der Waals surface area contributed by atoms with Crippen LogP contribution >= 0.6 is 0 Å². The standard InChI is InChI=1S/C20H19FN2O4/c21-16-11-17-14(6-7-18(24)22-17)10-15(16)20(27)23(12-19(25)26)9-8-13-4-2-1-3-5-13/h1-5,10-11H,6-9,12H2,(H,22,24)(H,25,26). The Bertz CT molecular complexity index is 883. The van der Waals surface area contributed by atoms with Crippen LogP contribution in [0.3, 0.4) is 0 Å². The fourth-order valence-electron chi connectivity index (χ4n) is 3.06. The van der Waals surface area contributed by atoms with Gasteiger partial charge in [0.1, 0.15) is 12.4 Å². The molecular weight excluding hydrogens is 351 g/mol. The van der Waals surface area contributed by atoms with Gasteiger partial charge in [-0.3, -0.25) is 14.4 Å². The van der Waals surface area contributed by atoms with Crippen molar-refractivity contribution in [2.24, 2.45) is 0 Å². The maximum absolute atomic E-state index is 14.5. The monoisotopic (exact) mass is 370 g/mol. The first-order valence-corrected chi connectivity index (χ1v) is 8.61. The Morgan fingerprint density at radius 3 is 2.59 bits per heavy atom. The van der Waals surface area contributed by atoms with Gasteiger partial charge >= 0.3 is 5.97 Å². The van der Waals surface area contributed by atoms with E-state index in [1.165, 1.54) is 6.07 Å². The number of rotatable bonds is 6. The summed E-state index contributed by atoms with van der Waals surface area (Å²) in [6, 6.07) is 11.9. The highest BCUT2D eigenvalue weighted by Crippen LogP contribution is 2.26. The lowest BCUT2D eigenvalue weighted by atomic mass is 9.99. The minimum atomic E-state index is -1.16. The molecule has 2 amide bonds. The molecule has 27 heavy (non-hydrogen) atoms. The van der Waals surface area contributed by atoms with Gasteiger partial charge in [0.2, 0.25) is 5.91 Å². The third-order valence-electron chi connectivity index (χ3n) is 4.45. The van der Waals surface area contributed by atoms with Crippen LogP contribution in [-0.2, 0) is 22.4 Å². The molecule has 0 atom stereocenters. The normalized spacial score (nSPS) is 12.9. The van der Waals surface area contributed by atoms with Crippen LogP contribution in [0.25, 0.3) is 0 Å². The minimum Gasteiger partial charge on any atom is -0.480 e. The van der Waals surface area contributed by atoms with Crippen LogP contribution in [0, 0.1) is 5.82 Å². The topological polar surface area (TPSA) is 86.7 Å². The van der Waals surface area contributed by atoms with Crippen molar-refractivity contribution in [2.75, 3.05) is 18.4 Å². The average Bonchev–Trinajstić information content (AvgIpc) is 2.64. The molecule has 1 heterocycles. The second-order valence-corrected chi connectivity index (χ2v) is 6.39. The predicted molar refractivity (Wildman–Crippen MR) is 97.0 cm³/mol. The van der Waals surface area contributed by atoms with Crippen molar-refractivity contribution >= 4 is 23.5 Å². The molecule has 3 rings (SSSR count). The number of anilines is 1. The molecule has 7 heteroatoms. The highest BCUT2D eigenvalue weighted by Gasteiger charge is 2.25. The highest BCUT2D eigenvalue weighted by molar-refractivity contribution is 5.99. The Labute approximate surface area is 155 Å². The van der Waals surface area contributed by atoms with Gasteiger partial charge in [0, 0.05) is 18.7 Å². The highest BCUT2D eigenvalue weighted by atomic mass is 19.1. The van der Waals surface area contributed by atoms with E-state index >= 15 is 0 Å². The Morgan fingerprint density at radius 2 is 1.89 bits per heavy atom. The first-order chi connectivity index (χ1) is 12.9. The summed E-state index contributed by atoms with van der Waals surface area (Å²) in [5.41, 5.74) is 1.79. The van der Waals surface area contributed by atoms with E-state index in [-0.39, 0.29) is 24.4 Å². The Hall–Kier alpha value is -3.22. The summed E-state index contributed by atoms with van der Waals surface area (Å²) in [5, 5.41) is 11.7. The maximum Gasteiger partial charge on any atom is 0.323 e. The van der Waals surface area contributed by atoms with Crippen molar-refractivity contribution in [3.63, 3.8) is 0 Å². The quantitative estimate of drug-likeness (QED) is 0.818. The second-order valence-electron chi connectivity index (χ2n) is 6.39. The number of hydrogen-bond donors (Lipinski definition) is 2. The van der Waals surface area contributed by atoms with Crippen LogP contribution in [0.2, 0.25) is 0 Å². The molecule has 0 radical (unpaired) electrons. The van der Waals surface area contributed by atoms with Gasteiger partial charge in [0.05, 0.1) is 5.56 Å². The largest absolute Gasteiger partial charge is 0.480 e. The summed E-state index contributed by atoms with van der Waals surface area (Å²) in [6.45, 7) is -0.360. The van der Waals surface area contributed by atoms with Crippen LogP contribution in [0.15, 0.2) is 42.5 Å². The summed E-state index contributed by atoms with van der Waals surface area (Å²) in [4.78, 5) is 36.5. The number of benzene rings is 2. The molecule has 2 N–H and O–H groups in total. The van der Waals surface area contributed by atoms with E-state index in [0.717, 1.165) is 16.5 Å². The number of carboxylic acids is 1. The zero-order chi connectivity index (χ0) is 19.4. The fraction of sp³-hybridized carbons (Fsp3) is 0.250. The summed E-state index contributed by atoms with van der Waals surface area (Å²) in [6.07, 6.45) is 1.13. The first-order valence-electron chi connectivity index (χ1n) is 8.61. The lowest BCUT2D eigenvalue weighted by molar-refractivity contribution is -0.137. The first kappa shape index (κ1) is 18.6. The van der Waals surface area contributed by atoms with E-state index in [9.17, 15) is 18.8 Å². The smallest absolute Gasteiger partial charge is 0.323 e. The molecule has 0 aliphatic carbocycles. The molecule has 0 saturated heterocycles. The minimum absolute atomic E-state index is 0.155. The maximum atomic E-state index is 14.5. The second kappa shape index (κ2) is 7.99. The number of nitrogens with one attached hydrogen (secondary N) is 1. The molecule has 2 aromatic rings. The molecule has 0 saturated carbocycles. The zero-order valence-corrected chi connectivity index (χ0v) is 14.6. The van der Waals surface area contributed by atoms with Crippen LogP contribution in [0.1, 0.15) is 27.9 Å². The molecule has 0 unspecified atom stereocenters. The third-order valence-corrected chi connectivity index (χ3v) is 4.45. The van der Waals surface area contributed by atoms with Crippen molar-refractivity contribution in [1.29, 1.82) is 0 Å². The third kappa shape index (κ3) is 4.49. The van der Waals surface area contributed by atoms with Gasteiger partial charge in [0.25, 0.3) is 5.91 Å². The molecular formula is C20H19FN2O4. The number of aliphatic carboxylic acids is 1. The molecule has 140 valence electrons. The van der Waals surface area contributed by atoms with Gasteiger partial charge < -0.3 is 15.3 Å². The SMILES string of the molecule is O=C(O)CN(CCc1ccccc1)C(=O)c1cc2c(cc1F)NC(=O)CC2. The molecule has 0 aromatic heterocycles. The van der Waals surface area contributed by atoms with E-state index in [4.69, 9.17) is 5.11 Å². The lowest BCUT2D eigenvalue weighted by Crippen LogP contribution is -2.37. The van der Waals surface area contributed by atoms with Crippen molar-refractivity contribution < 1.29 is 23.9 Å². The van der Waals surface area contributed by atoms with Crippen molar-refractivity contribution in [2.45, 2.75) is 19.3 Å². The van der Waals surface area contributed by atoms with E-state index in [0.29, 0.717) is 24.1 Å². The Balaban J connectivity index is 1.83. The summed E-state index contributed by atoms with van der Waals surface area (Å²) in [5.74, 6) is -2.82. The summed E-state index contributed by atoms with van der Waals surface area (Å²) >= 11 is 0. The number of amides is 2. The van der Waals surface area contributed by atoms with E-state index in [1.807, 2.05) is 30.3 Å². The van der Waals surface area contributed by atoms with Gasteiger partial charge in [-0.25, -0.2) is 4.39 Å². The summed E-state index contributed by atoms with van der Waals surface area (Å²) in [7, 11) is 0. The lowest BCUT2D eigenvalue weighted by Gasteiger charge is -2.23. The van der Waals surface area contributed by atoms with Gasteiger partial charge in [-0.1, -0.05) is 30.3 Å². The fourth-order valence-corrected chi connectivity index (χ4v) is 3.06. The Morgan fingerprint density at radius 1 is 1.15 bits per heavy atom. The molecule has 6 nitrogen and oxygen atoms in total. The number of carbonyl (C=O) groups is 3. The van der Waals surface area contributed by atoms with Gasteiger partial charge in [-0.15, -0.1) is 0 Å². The Kier molecular flexibility index (Phi) is 5.49. The van der Waals surface area contributed by atoms with E-state index in [2.05, 4.69) is 5.32 Å². The molecule has 0 bridgehead atoms. The van der Waals surface area contributed by atoms with Crippen LogP contribution in [-0.4, -0.2) is 40.9 Å². The summed E-state index contributed by atoms with van der Waals surface area (Å²) < 4.78 is 14.5. The van der Waals surface area contributed by atoms with Crippen molar-refractivity contribution in [3.8, 4) is 0 Å². The number of carboxylic acid groups (broad SMARTS) is 1. The molecule has 0 spiro atoms.